The highest BCUT2D eigenvalue weighted by Crippen LogP contribution is 2.29. The number of hydrogen-bond acceptors (Lipinski definition) is 3. The first kappa shape index (κ1) is 12.5. The number of anilines is 1. The highest BCUT2D eigenvalue weighted by molar-refractivity contribution is 5.86. The second-order valence-corrected chi connectivity index (χ2v) is 4.47. The van der Waals surface area contributed by atoms with Crippen molar-refractivity contribution in [3.8, 4) is 11.5 Å². The van der Waals surface area contributed by atoms with Gasteiger partial charge in [-0.25, -0.2) is 4.98 Å². The first-order chi connectivity index (χ1) is 9.86. The van der Waals surface area contributed by atoms with Crippen molar-refractivity contribution in [3.05, 3.63) is 60.7 Å². The van der Waals surface area contributed by atoms with Crippen molar-refractivity contribution in [2.45, 2.75) is 6.92 Å². The van der Waals surface area contributed by atoms with E-state index >= 15 is 0 Å². The van der Waals surface area contributed by atoms with Gasteiger partial charge in [-0.15, -0.1) is 0 Å². The average molecular weight is 264 g/mol. The van der Waals surface area contributed by atoms with Gasteiger partial charge in [0.1, 0.15) is 17.1 Å². The maximum atomic E-state index is 5.93. The molecule has 0 aliphatic rings. The minimum Gasteiger partial charge on any atom is -0.455 e. The molecule has 0 aliphatic carbocycles. The highest BCUT2D eigenvalue weighted by atomic mass is 16.5. The minimum atomic E-state index is 0.772. The van der Waals surface area contributed by atoms with Gasteiger partial charge in [-0.1, -0.05) is 30.3 Å². The molecule has 0 fully saturated rings. The maximum Gasteiger partial charge on any atom is 0.153 e. The number of rotatable bonds is 4. The Labute approximate surface area is 118 Å². The molecule has 1 N–H and O–H groups in total. The molecule has 0 saturated carbocycles. The molecule has 2 aromatic carbocycles. The van der Waals surface area contributed by atoms with Crippen LogP contribution in [0, 0.1) is 0 Å². The van der Waals surface area contributed by atoms with Gasteiger partial charge in [0.2, 0.25) is 0 Å². The van der Waals surface area contributed by atoms with E-state index in [1.807, 2.05) is 54.6 Å². The van der Waals surface area contributed by atoms with Gasteiger partial charge in [0, 0.05) is 11.9 Å². The number of aromatic nitrogens is 1. The van der Waals surface area contributed by atoms with E-state index in [9.17, 15) is 0 Å². The van der Waals surface area contributed by atoms with Gasteiger partial charge in [0.15, 0.2) is 5.75 Å². The van der Waals surface area contributed by atoms with E-state index in [1.54, 1.807) is 0 Å². The van der Waals surface area contributed by atoms with Gasteiger partial charge < -0.3 is 10.1 Å². The van der Waals surface area contributed by atoms with Gasteiger partial charge in [-0.3, -0.25) is 0 Å². The van der Waals surface area contributed by atoms with Crippen molar-refractivity contribution < 1.29 is 4.74 Å². The molecule has 0 saturated heterocycles. The number of benzene rings is 2. The van der Waals surface area contributed by atoms with Crippen LogP contribution >= 0.6 is 0 Å². The molecule has 3 rings (SSSR count). The minimum absolute atomic E-state index is 0.772. The van der Waals surface area contributed by atoms with Crippen LogP contribution in [-0.2, 0) is 0 Å². The summed E-state index contributed by atoms with van der Waals surface area (Å²) in [5.74, 6) is 2.45. The molecule has 100 valence electrons. The number of pyridine rings is 1. The normalized spacial score (nSPS) is 10.4. The molecular weight excluding hydrogens is 248 g/mol. The zero-order valence-corrected chi connectivity index (χ0v) is 11.3. The molecule has 3 aromatic rings. The molecule has 0 aliphatic heterocycles. The number of hydrogen-bond donors (Lipinski definition) is 1. The lowest BCUT2D eigenvalue weighted by Gasteiger charge is -2.10. The highest BCUT2D eigenvalue weighted by Gasteiger charge is 2.05. The van der Waals surface area contributed by atoms with E-state index in [4.69, 9.17) is 4.74 Å². The van der Waals surface area contributed by atoms with Crippen LogP contribution in [0.3, 0.4) is 0 Å². The molecule has 0 amide bonds. The largest absolute Gasteiger partial charge is 0.455 e. The van der Waals surface area contributed by atoms with Crippen LogP contribution in [0.4, 0.5) is 5.82 Å². The van der Waals surface area contributed by atoms with E-state index in [0.29, 0.717) is 0 Å². The van der Waals surface area contributed by atoms with E-state index in [-0.39, 0.29) is 0 Å². The fourth-order valence-corrected chi connectivity index (χ4v) is 2.10. The standard InChI is InChI=1S/C17H16N2O/c1-2-18-16-12-11-13-7-6-10-15(17(13)19-16)20-14-8-4-3-5-9-14/h3-12H,2H2,1H3,(H,18,19). The van der Waals surface area contributed by atoms with Gasteiger partial charge in [-0.05, 0) is 37.3 Å². The zero-order chi connectivity index (χ0) is 13.8. The average Bonchev–Trinajstić information content (AvgIpc) is 2.49. The Kier molecular flexibility index (Phi) is 3.50. The van der Waals surface area contributed by atoms with Crippen molar-refractivity contribution in [2.75, 3.05) is 11.9 Å². The number of nitrogens with one attached hydrogen (secondary N) is 1. The number of ether oxygens (including phenoxy) is 1. The van der Waals surface area contributed by atoms with Crippen molar-refractivity contribution in [1.82, 2.24) is 4.98 Å². The molecule has 3 heteroatoms. The summed E-state index contributed by atoms with van der Waals surface area (Å²) in [5.41, 5.74) is 0.870. The third-order valence-corrected chi connectivity index (χ3v) is 3.01. The third-order valence-electron chi connectivity index (χ3n) is 3.01. The van der Waals surface area contributed by atoms with E-state index in [0.717, 1.165) is 34.8 Å². The summed E-state index contributed by atoms with van der Waals surface area (Å²) in [6.45, 7) is 2.90. The van der Waals surface area contributed by atoms with Gasteiger partial charge in [0.25, 0.3) is 0 Å². The summed E-state index contributed by atoms with van der Waals surface area (Å²) in [7, 11) is 0. The molecule has 0 bridgehead atoms. The summed E-state index contributed by atoms with van der Waals surface area (Å²) in [6.07, 6.45) is 0. The molecule has 1 aromatic heterocycles. The van der Waals surface area contributed by atoms with E-state index in [1.165, 1.54) is 0 Å². The first-order valence-corrected chi connectivity index (χ1v) is 6.73. The van der Waals surface area contributed by atoms with E-state index < -0.39 is 0 Å². The molecule has 3 nitrogen and oxygen atoms in total. The summed E-state index contributed by atoms with van der Waals surface area (Å²) >= 11 is 0. The Morgan fingerprint density at radius 2 is 1.80 bits per heavy atom. The Balaban J connectivity index is 2.03. The van der Waals surface area contributed by atoms with Gasteiger partial charge >= 0.3 is 0 Å². The molecule has 0 spiro atoms. The number of fused-ring (bicyclic) bond motifs is 1. The fourth-order valence-electron chi connectivity index (χ4n) is 2.10. The lowest BCUT2D eigenvalue weighted by Crippen LogP contribution is -1.99. The Morgan fingerprint density at radius 3 is 2.60 bits per heavy atom. The van der Waals surface area contributed by atoms with Crippen molar-refractivity contribution in [3.63, 3.8) is 0 Å². The summed E-state index contributed by atoms with van der Waals surface area (Å²) in [4.78, 5) is 4.62. The topological polar surface area (TPSA) is 34.1 Å². The number of para-hydroxylation sites is 2. The molecule has 0 unspecified atom stereocenters. The van der Waals surface area contributed by atoms with Crippen LogP contribution in [0.15, 0.2) is 60.7 Å². The van der Waals surface area contributed by atoms with Crippen LogP contribution in [-0.4, -0.2) is 11.5 Å². The predicted octanol–water partition coefficient (Wildman–Crippen LogP) is 4.46. The summed E-state index contributed by atoms with van der Waals surface area (Å²) in [5, 5.41) is 4.29. The van der Waals surface area contributed by atoms with E-state index in [2.05, 4.69) is 23.3 Å². The van der Waals surface area contributed by atoms with Crippen LogP contribution in [0.5, 0.6) is 11.5 Å². The Bertz CT molecular complexity index is 711. The monoisotopic (exact) mass is 264 g/mol. The molecular formula is C17H16N2O. The summed E-state index contributed by atoms with van der Waals surface area (Å²) < 4.78 is 5.93. The molecule has 0 radical (unpaired) electrons. The summed E-state index contributed by atoms with van der Waals surface area (Å²) in [6, 6.07) is 19.8. The SMILES string of the molecule is CCNc1ccc2cccc(Oc3ccccc3)c2n1. The molecule has 0 atom stereocenters. The first-order valence-electron chi connectivity index (χ1n) is 6.73. The third kappa shape index (κ3) is 2.57. The van der Waals surface area contributed by atoms with Gasteiger partial charge in [0.05, 0.1) is 0 Å². The van der Waals surface area contributed by atoms with Crippen LogP contribution in [0.2, 0.25) is 0 Å². The quantitative estimate of drug-likeness (QED) is 0.755. The zero-order valence-electron chi connectivity index (χ0n) is 11.3. The van der Waals surface area contributed by atoms with Crippen LogP contribution in [0.25, 0.3) is 10.9 Å². The predicted molar refractivity (Wildman–Crippen MR) is 82.4 cm³/mol. The van der Waals surface area contributed by atoms with Crippen molar-refractivity contribution in [1.29, 1.82) is 0 Å². The van der Waals surface area contributed by atoms with Crippen LogP contribution in [0.1, 0.15) is 6.92 Å². The Morgan fingerprint density at radius 1 is 0.950 bits per heavy atom. The fraction of sp³-hybridized carbons (Fsp3) is 0.118. The smallest absolute Gasteiger partial charge is 0.153 e. The second kappa shape index (κ2) is 5.61. The lowest BCUT2D eigenvalue weighted by molar-refractivity contribution is 0.487. The number of nitrogens with zero attached hydrogens (tertiary/aromatic N) is 1. The molecule has 1 heterocycles. The van der Waals surface area contributed by atoms with Crippen molar-refractivity contribution in [2.24, 2.45) is 0 Å². The second-order valence-electron chi connectivity index (χ2n) is 4.47. The van der Waals surface area contributed by atoms with Crippen molar-refractivity contribution >= 4 is 16.7 Å². The maximum absolute atomic E-state index is 5.93. The lowest BCUT2D eigenvalue weighted by atomic mass is 10.2. The van der Waals surface area contributed by atoms with Crippen LogP contribution < -0.4 is 10.1 Å². The Hall–Kier alpha value is -2.55. The van der Waals surface area contributed by atoms with Gasteiger partial charge in [-0.2, -0.15) is 0 Å². The molecule has 20 heavy (non-hydrogen) atoms.